The Kier molecular flexibility index (Phi) is 7.59. The zero-order valence-corrected chi connectivity index (χ0v) is 21.6. The van der Waals surface area contributed by atoms with Gasteiger partial charge < -0.3 is 20.3 Å². The maximum Gasteiger partial charge on any atom is 0.416 e. The number of carbonyl (C=O) groups is 2. The largest absolute Gasteiger partial charge is 0.444 e. The Bertz CT molecular complexity index is 1120. The number of nitrogens with one attached hydrogen (secondary N) is 3. The first-order valence-corrected chi connectivity index (χ1v) is 12.6. The summed E-state index contributed by atoms with van der Waals surface area (Å²) in [5.74, 6) is 0.0868. The van der Waals surface area contributed by atoms with Gasteiger partial charge in [0, 0.05) is 37.6 Å². The summed E-state index contributed by atoms with van der Waals surface area (Å²) >= 11 is 0. The van der Waals surface area contributed by atoms with Crippen molar-refractivity contribution in [3.8, 4) is 0 Å². The fourth-order valence-corrected chi connectivity index (χ4v) is 4.99. The van der Waals surface area contributed by atoms with Crippen molar-refractivity contribution in [1.29, 1.82) is 0 Å². The van der Waals surface area contributed by atoms with E-state index in [1.54, 1.807) is 11.9 Å². The van der Waals surface area contributed by atoms with Crippen LogP contribution in [0.5, 0.6) is 0 Å². The first-order valence-electron chi connectivity index (χ1n) is 12.6. The summed E-state index contributed by atoms with van der Waals surface area (Å²) in [4.78, 5) is 28.5. The van der Waals surface area contributed by atoms with Gasteiger partial charge in [0.15, 0.2) is 5.82 Å². The molecule has 4 rings (SSSR count). The van der Waals surface area contributed by atoms with E-state index >= 15 is 0 Å². The highest BCUT2D eigenvalue weighted by atomic mass is 19.4. The Morgan fingerprint density at radius 1 is 1.11 bits per heavy atom. The number of aromatic amines is 1. The van der Waals surface area contributed by atoms with E-state index in [4.69, 9.17) is 4.74 Å². The minimum atomic E-state index is -4.46. The van der Waals surface area contributed by atoms with Crippen LogP contribution < -0.4 is 15.5 Å². The second-order valence-electron chi connectivity index (χ2n) is 11.0. The van der Waals surface area contributed by atoms with Crippen molar-refractivity contribution < 1.29 is 27.5 Å². The predicted molar refractivity (Wildman–Crippen MR) is 133 cm³/mol. The van der Waals surface area contributed by atoms with Crippen LogP contribution in [0.3, 0.4) is 0 Å². The van der Waals surface area contributed by atoms with Crippen LogP contribution in [0, 0.1) is 0 Å². The lowest BCUT2D eigenvalue weighted by Crippen LogP contribution is -2.63. The molecule has 1 aliphatic carbocycles. The number of halogens is 3. The summed E-state index contributed by atoms with van der Waals surface area (Å²) in [6.45, 7) is 7.01. The van der Waals surface area contributed by atoms with Crippen LogP contribution >= 0.6 is 0 Å². The van der Waals surface area contributed by atoms with Gasteiger partial charge in [0.1, 0.15) is 5.60 Å². The molecule has 0 atom stereocenters. The molecule has 3 N–H and O–H groups in total. The number of nitrogens with zero attached hydrogens (tertiary/aromatic N) is 3. The average Bonchev–Trinajstić information content (AvgIpc) is 3.18. The second-order valence-corrected chi connectivity index (χ2v) is 11.0. The van der Waals surface area contributed by atoms with Gasteiger partial charge in [-0.25, -0.2) is 4.79 Å². The van der Waals surface area contributed by atoms with E-state index in [1.807, 2.05) is 20.8 Å². The maximum absolute atomic E-state index is 13.1. The number of hydrogen-bond donors (Lipinski definition) is 3. The Morgan fingerprint density at radius 2 is 1.78 bits per heavy atom. The monoisotopic (exact) mass is 524 g/mol. The van der Waals surface area contributed by atoms with E-state index in [0.29, 0.717) is 22.8 Å². The molecule has 9 nitrogen and oxygen atoms in total. The minimum absolute atomic E-state index is 0.0197. The molecule has 0 radical (unpaired) electrons. The molecule has 1 saturated carbocycles. The Labute approximate surface area is 214 Å². The van der Waals surface area contributed by atoms with Gasteiger partial charge in [0.25, 0.3) is 0 Å². The number of fused-ring (bicyclic) bond motifs is 1. The van der Waals surface area contributed by atoms with Crippen molar-refractivity contribution in [2.75, 3.05) is 31.6 Å². The summed E-state index contributed by atoms with van der Waals surface area (Å²) < 4.78 is 44.7. The molecule has 0 bridgehead atoms. The molecular weight excluding hydrogens is 489 g/mol. The van der Waals surface area contributed by atoms with E-state index in [2.05, 4.69) is 25.7 Å². The molecule has 2 aromatic rings. The number of carbonyl (C=O) groups excluding carboxylic acids is 2. The molecule has 2 fully saturated rings. The zero-order valence-electron chi connectivity index (χ0n) is 21.6. The third-order valence-corrected chi connectivity index (χ3v) is 6.82. The van der Waals surface area contributed by atoms with E-state index < -0.39 is 17.3 Å². The third kappa shape index (κ3) is 6.85. The van der Waals surface area contributed by atoms with Gasteiger partial charge in [-0.3, -0.25) is 14.8 Å². The Balaban J connectivity index is 1.20. The van der Waals surface area contributed by atoms with Crippen molar-refractivity contribution in [1.82, 2.24) is 25.7 Å². The summed E-state index contributed by atoms with van der Waals surface area (Å²) in [7, 11) is 1.63. The molecule has 1 aromatic carbocycles. The zero-order chi connectivity index (χ0) is 27.0. The highest BCUT2D eigenvalue weighted by molar-refractivity contribution is 5.92. The molecule has 1 aliphatic heterocycles. The van der Waals surface area contributed by atoms with Crippen LogP contribution in [0.15, 0.2) is 18.2 Å². The van der Waals surface area contributed by atoms with E-state index in [1.165, 1.54) is 6.07 Å². The van der Waals surface area contributed by atoms with Crippen LogP contribution in [0.25, 0.3) is 10.9 Å². The van der Waals surface area contributed by atoms with E-state index in [0.717, 1.165) is 50.9 Å². The standard InChI is InChI=1S/C25H35F3N6O3/c1-24(2,3)37-23(36)30-16-6-8-18(9-7-16)34-12-17(13-34)29-21(35)14-33(4)22-19-11-15(25(26,27)28)5-10-20(19)31-32-22/h5,10-11,16-18H,6-9,12-14H2,1-4H3,(H,29,35)(H,30,36)(H,31,32). The number of H-pyrrole nitrogens is 1. The first-order chi connectivity index (χ1) is 17.3. The molecule has 0 spiro atoms. The number of likely N-dealkylation sites (N-methyl/N-ethyl adjacent to an activating group) is 1. The van der Waals surface area contributed by atoms with Gasteiger partial charge in [0.05, 0.1) is 23.7 Å². The Morgan fingerprint density at radius 3 is 2.41 bits per heavy atom. The predicted octanol–water partition coefficient (Wildman–Crippen LogP) is 3.65. The number of anilines is 1. The number of likely N-dealkylation sites (tertiary alicyclic amines) is 1. The van der Waals surface area contributed by atoms with E-state index in [-0.39, 0.29) is 30.6 Å². The SMILES string of the molecule is CN(CC(=O)NC1CN(C2CCC(NC(=O)OC(C)(C)C)CC2)C1)c1n[nH]c2ccc(C(F)(F)F)cc12. The van der Waals surface area contributed by atoms with Crippen molar-refractivity contribution in [3.05, 3.63) is 23.8 Å². The topological polar surface area (TPSA) is 103 Å². The van der Waals surface area contributed by atoms with Gasteiger partial charge in [-0.05, 0) is 64.7 Å². The fraction of sp³-hybridized carbons (Fsp3) is 0.640. The van der Waals surface area contributed by atoms with Crippen molar-refractivity contribution in [3.63, 3.8) is 0 Å². The molecule has 1 aromatic heterocycles. The highest BCUT2D eigenvalue weighted by Gasteiger charge is 2.36. The summed E-state index contributed by atoms with van der Waals surface area (Å²) in [5.41, 5.74) is -0.805. The number of ether oxygens (including phenoxy) is 1. The minimum Gasteiger partial charge on any atom is -0.444 e. The summed E-state index contributed by atoms with van der Waals surface area (Å²) in [6.07, 6.45) is -1.13. The summed E-state index contributed by atoms with van der Waals surface area (Å²) in [6, 6.07) is 3.96. The molecule has 0 unspecified atom stereocenters. The second kappa shape index (κ2) is 10.4. The lowest BCUT2D eigenvalue weighted by molar-refractivity contribution is -0.137. The number of alkyl carbamates (subject to hydrolysis) is 1. The molecule has 2 aliphatic rings. The number of amides is 2. The van der Waals surface area contributed by atoms with Crippen LogP contribution in [0.4, 0.5) is 23.8 Å². The first kappa shape index (κ1) is 27.0. The van der Waals surface area contributed by atoms with Gasteiger partial charge in [-0.15, -0.1) is 0 Å². The smallest absolute Gasteiger partial charge is 0.416 e. The normalized spacial score (nSPS) is 21.4. The summed E-state index contributed by atoms with van der Waals surface area (Å²) in [5, 5.41) is 13.1. The van der Waals surface area contributed by atoms with Gasteiger partial charge in [-0.2, -0.15) is 18.3 Å². The molecule has 2 amide bonds. The molecule has 1 saturated heterocycles. The lowest BCUT2D eigenvalue weighted by Gasteiger charge is -2.46. The van der Waals surface area contributed by atoms with Gasteiger partial charge in [0.2, 0.25) is 5.91 Å². The number of benzene rings is 1. The van der Waals surface area contributed by atoms with Crippen molar-refractivity contribution in [2.45, 2.75) is 76.4 Å². The van der Waals surface area contributed by atoms with Crippen LogP contribution in [0.1, 0.15) is 52.0 Å². The van der Waals surface area contributed by atoms with Crippen LogP contribution in [-0.2, 0) is 15.7 Å². The van der Waals surface area contributed by atoms with Crippen LogP contribution in [-0.4, -0.2) is 77.5 Å². The number of hydrogen-bond acceptors (Lipinski definition) is 6. The van der Waals surface area contributed by atoms with Gasteiger partial charge in [-0.1, -0.05) is 0 Å². The molecule has 204 valence electrons. The van der Waals surface area contributed by atoms with E-state index in [9.17, 15) is 22.8 Å². The molecular formula is C25H35F3N6O3. The number of aromatic nitrogens is 2. The van der Waals surface area contributed by atoms with Crippen molar-refractivity contribution >= 4 is 28.7 Å². The molecule has 12 heteroatoms. The Hall–Kier alpha value is -3.02. The lowest BCUT2D eigenvalue weighted by atomic mass is 9.88. The van der Waals surface area contributed by atoms with Gasteiger partial charge >= 0.3 is 12.3 Å². The molecule has 37 heavy (non-hydrogen) atoms. The quantitative estimate of drug-likeness (QED) is 0.533. The fourth-order valence-electron chi connectivity index (χ4n) is 4.99. The average molecular weight is 525 g/mol. The van der Waals surface area contributed by atoms with Crippen LogP contribution in [0.2, 0.25) is 0 Å². The number of alkyl halides is 3. The third-order valence-electron chi connectivity index (χ3n) is 6.82. The maximum atomic E-state index is 13.1. The highest BCUT2D eigenvalue weighted by Crippen LogP contribution is 2.33. The number of rotatable bonds is 6. The molecule has 2 heterocycles. The van der Waals surface area contributed by atoms with Crippen molar-refractivity contribution in [2.24, 2.45) is 0 Å².